The van der Waals surface area contributed by atoms with Crippen LogP contribution in [0.2, 0.25) is 0 Å². The molecular weight excluding hydrogens is 258 g/mol. The van der Waals surface area contributed by atoms with Crippen LogP contribution in [0.5, 0.6) is 0 Å². The third-order valence-corrected chi connectivity index (χ3v) is 2.73. The lowest BCUT2D eigenvalue weighted by atomic mass is 10.1. The number of aliphatic hydroxyl groups excluding tert-OH is 1. The number of nitrogen functional groups attached to an aromatic ring is 1. The van der Waals surface area contributed by atoms with E-state index < -0.39 is 0 Å². The van der Waals surface area contributed by atoms with Gasteiger partial charge in [-0.25, -0.2) is 0 Å². The smallest absolute Gasteiger partial charge is 0.253 e. The lowest BCUT2D eigenvalue weighted by Crippen LogP contribution is -2.27. The highest BCUT2D eigenvalue weighted by atomic mass is 16.5. The molecule has 0 heterocycles. The van der Waals surface area contributed by atoms with E-state index in [0.29, 0.717) is 37.4 Å². The molecule has 0 spiro atoms. The van der Waals surface area contributed by atoms with E-state index >= 15 is 0 Å². The van der Waals surface area contributed by atoms with E-state index in [9.17, 15) is 4.79 Å². The van der Waals surface area contributed by atoms with E-state index in [1.54, 1.807) is 12.1 Å². The molecule has 1 aromatic carbocycles. The number of benzene rings is 1. The second kappa shape index (κ2) is 8.39. The predicted molar refractivity (Wildman–Crippen MR) is 80.0 cm³/mol. The van der Waals surface area contributed by atoms with Gasteiger partial charge >= 0.3 is 0 Å². The second-order valence-electron chi connectivity index (χ2n) is 4.62. The Kier molecular flexibility index (Phi) is 6.83. The molecule has 112 valence electrons. The Bertz CT molecular complexity index is 436. The number of amides is 1. The number of hydrogen-bond donors (Lipinski definition) is 3. The van der Waals surface area contributed by atoms with E-state index in [-0.39, 0.29) is 12.5 Å². The number of aliphatic hydroxyl groups is 1. The van der Waals surface area contributed by atoms with Crippen LogP contribution in [0.25, 0.3) is 0 Å². The van der Waals surface area contributed by atoms with Crippen LogP contribution in [-0.4, -0.2) is 51.5 Å². The molecule has 0 fully saturated rings. The number of nitrogens with zero attached hydrogens (tertiary/aromatic N) is 1. The maximum atomic E-state index is 12.1. The summed E-state index contributed by atoms with van der Waals surface area (Å²) in [6.45, 7) is 1.38. The van der Waals surface area contributed by atoms with Crippen LogP contribution in [-0.2, 0) is 4.74 Å². The van der Waals surface area contributed by atoms with Crippen LogP contribution in [0, 0.1) is 0 Å². The van der Waals surface area contributed by atoms with Crippen molar-refractivity contribution in [3.63, 3.8) is 0 Å². The molecule has 0 bridgehead atoms. The van der Waals surface area contributed by atoms with Gasteiger partial charge in [0.25, 0.3) is 5.91 Å². The van der Waals surface area contributed by atoms with Crippen LogP contribution in [0.3, 0.4) is 0 Å². The molecule has 6 heteroatoms. The quantitative estimate of drug-likeness (QED) is 0.476. The van der Waals surface area contributed by atoms with Gasteiger partial charge in [0.2, 0.25) is 0 Å². The van der Waals surface area contributed by atoms with Gasteiger partial charge in [-0.05, 0) is 24.6 Å². The first-order valence-electron chi connectivity index (χ1n) is 6.60. The largest absolute Gasteiger partial charge is 0.399 e. The summed E-state index contributed by atoms with van der Waals surface area (Å²) in [5, 5.41) is 11.4. The van der Waals surface area contributed by atoms with Gasteiger partial charge in [-0.1, -0.05) is 0 Å². The number of carbonyl (C=O) groups excluding carboxylic acids is 1. The van der Waals surface area contributed by atoms with Gasteiger partial charge in [-0.2, -0.15) is 0 Å². The van der Waals surface area contributed by atoms with E-state index in [4.69, 9.17) is 15.6 Å². The molecule has 0 aliphatic carbocycles. The molecular formula is C14H23N3O3. The van der Waals surface area contributed by atoms with Gasteiger partial charge in [0.05, 0.1) is 18.8 Å². The molecule has 20 heavy (non-hydrogen) atoms. The summed E-state index contributed by atoms with van der Waals surface area (Å²) in [7, 11) is 3.76. The minimum atomic E-state index is -0.150. The van der Waals surface area contributed by atoms with Gasteiger partial charge in [-0.15, -0.1) is 0 Å². The van der Waals surface area contributed by atoms with Crippen molar-refractivity contribution in [3.05, 3.63) is 23.8 Å². The van der Waals surface area contributed by atoms with Crippen molar-refractivity contribution in [1.82, 2.24) is 5.32 Å². The Labute approximate surface area is 119 Å². The number of nitrogens with two attached hydrogens (primary N) is 1. The van der Waals surface area contributed by atoms with Gasteiger partial charge in [0.1, 0.15) is 0 Å². The van der Waals surface area contributed by atoms with E-state index in [1.165, 1.54) is 0 Å². The number of anilines is 2. The number of hydrogen-bond acceptors (Lipinski definition) is 5. The first-order chi connectivity index (χ1) is 9.56. The number of nitrogens with one attached hydrogen (secondary N) is 1. The highest BCUT2D eigenvalue weighted by Gasteiger charge is 2.12. The van der Waals surface area contributed by atoms with Crippen LogP contribution in [0.15, 0.2) is 18.2 Å². The Morgan fingerprint density at radius 3 is 2.80 bits per heavy atom. The molecule has 1 rings (SSSR count). The van der Waals surface area contributed by atoms with Crippen LogP contribution in [0.1, 0.15) is 16.8 Å². The Hall–Kier alpha value is -1.79. The first kappa shape index (κ1) is 16.3. The fourth-order valence-electron chi connectivity index (χ4n) is 1.76. The molecule has 6 nitrogen and oxygen atoms in total. The molecule has 0 aliphatic rings. The average molecular weight is 281 g/mol. The number of rotatable bonds is 8. The minimum Gasteiger partial charge on any atom is -0.399 e. The molecule has 0 unspecified atom stereocenters. The van der Waals surface area contributed by atoms with Crippen molar-refractivity contribution >= 4 is 17.3 Å². The highest BCUT2D eigenvalue weighted by Crippen LogP contribution is 2.21. The zero-order valence-electron chi connectivity index (χ0n) is 12.1. The standard InChI is InChI=1S/C14H23N3O3/c1-17(2)13-5-4-11(15)10-12(13)14(19)16-6-3-8-20-9-7-18/h4-5,10,18H,3,6-9,15H2,1-2H3,(H,16,19). The van der Waals surface area contributed by atoms with Gasteiger partial charge in [0, 0.05) is 38.6 Å². The highest BCUT2D eigenvalue weighted by molar-refractivity contribution is 6.00. The minimum absolute atomic E-state index is 0.0157. The third-order valence-electron chi connectivity index (χ3n) is 2.73. The topological polar surface area (TPSA) is 87.8 Å². The molecule has 0 radical (unpaired) electrons. The summed E-state index contributed by atoms with van der Waals surface area (Å²) < 4.78 is 5.12. The van der Waals surface area contributed by atoms with Gasteiger partial charge in [0.15, 0.2) is 0 Å². The molecule has 0 aliphatic heterocycles. The molecule has 1 aromatic rings. The summed E-state index contributed by atoms with van der Waals surface area (Å²) in [6.07, 6.45) is 0.700. The molecule has 0 saturated heterocycles. The summed E-state index contributed by atoms with van der Waals surface area (Å²) in [4.78, 5) is 14.0. The van der Waals surface area contributed by atoms with Crippen molar-refractivity contribution < 1.29 is 14.6 Å². The van der Waals surface area contributed by atoms with Crippen LogP contribution < -0.4 is 16.0 Å². The number of carbonyl (C=O) groups is 1. The Morgan fingerprint density at radius 1 is 1.40 bits per heavy atom. The summed E-state index contributed by atoms with van der Waals surface area (Å²) >= 11 is 0. The SMILES string of the molecule is CN(C)c1ccc(N)cc1C(=O)NCCCOCCO. The third kappa shape index (κ3) is 5.07. The molecule has 4 N–H and O–H groups in total. The maximum Gasteiger partial charge on any atom is 0.253 e. The van der Waals surface area contributed by atoms with Crippen molar-refractivity contribution in [1.29, 1.82) is 0 Å². The predicted octanol–water partition coefficient (Wildman–Crippen LogP) is 0.464. The molecule has 0 aromatic heterocycles. The van der Waals surface area contributed by atoms with Crippen molar-refractivity contribution in [2.24, 2.45) is 0 Å². The summed E-state index contributed by atoms with van der Waals surface area (Å²) in [6, 6.07) is 5.27. The monoisotopic (exact) mass is 281 g/mol. The first-order valence-corrected chi connectivity index (χ1v) is 6.60. The van der Waals surface area contributed by atoms with Crippen molar-refractivity contribution in [3.8, 4) is 0 Å². The van der Waals surface area contributed by atoms with Crippen LogP contribution in [0.4, 0.5) is 11.4 Å². The van der Waals surface area contributed by atoms with Crippen molar-refractivity contribution in [2.45, 2.75) is 6.42 Å². The lowest BCUT2D eigenvalue weighted by molar-refractivity contribution is 0.0868. The average Bonchev–Trinajstić information content (AvgIpc) is 2.42. The van der Waals surface area contributed by atoms with E-state index in [2.05, 4.69) is 5.32 Å². The van der Waals surface area contributed by atoms with E-state index in [0.717, 1.165) is 5.69 Å². The summed E-state index contributed by atoms with van der Waals surface area (Å²) in [5.74, 6) is -0.150. The van der Waals surface area contributed by atoms with Crippen molar-refractivity contribution in [2.75, 3.05) is 51.1 Å². The molecule has 1 amide bonds. The molecule has 0 atom stereocenters. The van der Waals surface area contributed by atoms with Gasteiger partial charge in [-0.3, -0.25) is 4.79 Å². The zero-order valence-corrected chi connectivity index (χ0v) is 12.1. The fraction of sp³-hybridized carbons (Fsp3) is 0.500. The lowest BCUT2D eigenvalue weighted by Gasteiger charge is -2.17. The zero-order chi connectivity index (χ0) is 15.0. The summed E-state index contributed by atoms with van der Waals surface area (Å²) in [5.41, 5.74) is 7.68. The number of ether oxygens (including phenoxy) is 1. The maximum absolute atomic E-state index is 12.1. The molecule has 0 saturated carbocycles. The normalized spacial score (nSPS) is 10.3. The van der Waals surface area contributed by atoms with Crippen LogP contribution >= 0.6 is 0 Å². The van der Waals surface area contributed by atoms with Gasteiger partial charge < -0.3 is 25.8 Å². The Balaban J connectivity index is 2.52. The Morgan fingerprint density at radius 2 is 2.15 bits per heavy atom. The van der Waals surface area contributed by atoms with E-state index in [1.807, 2.05) is 25.1 Å². The second-order valence-corrected chi connectivity index (χ2v) is 4.62. The fourth-order valence-corrected chi connectivity index (χ4v) is 1.76.